The first-order valence-corrected chi connectivity index (χ1v) is 7.50. The predicted octanol–water partition coefficient (Wildman–Crippen LogP) is 3.96. The summed E-state index contributed by atoms with van der Waals surface area (Å²) in [6.07, 6.45) is 3.74. The quantitative estimate of drug-likeness (QED) is 0.541. The number of nitro groups is 2. The largest absolute Gasteiger partial charge is 0.478 e. The summed E-state index contributed by atoms with van der Waals surface area (Å²) in [5, 5.41) is 31.4. The number of benzene rings is 1. The number of non-ortho nitro benzene ring substituents is 1. The van der Waals surface area contributed by atoms with E-state index in [2.05, 4.69) is 0 Å². The molecule has 0 aliphatic carbocycles. The Kier molecular flexibility index (Phi) is 6.62. The topological polar surface area (TPSA) is 124 Å². The van der Waals surface area contributed by atoms with Crippen molar-refractivity contribution in [3.05, 3.63) is 43.5 Å². The third-order valence-corrected chi connectivity index (χ3v) is 3.89. The van der Waals surface area contributed by atoms with E-state index in [4.69, 9.17) is 0 Å². The number of unbranched alkanes of at least 4 members (excludes halogenated alkanes) is 1. The summed E-state index contributed by atoms with van der Waals surface area (Å²) in [5.74, 6) is -1.29. The third-order valence-electron chi connectivity index (χ3n) is 3.89. The number of nitrogens with zero attached hydrogens (tertiary/aromatic N) is 2. The molecule has 0 aromatic heterocycles. The lowest BCUT2D eigenvalue weighted by Gasteiger charge is -2.16. The molecular formula is C15H20N2O6. The highest BCUT2D eigenvalue weighted by Gasteiger charge is 2.28. The second-order valence-electron chi connectivity index (χ2n) is 5.43. The molecular weight excluding hydrogens is 304 g/mol. The maximum atomic E-state index is 11.4. The molecule has 1 atom stereocenters. The van der Waals surface area contributed by atoms with Crippen molar-refractivity contribution in [1.29, 1.82) is 0 Å². The summed E-state index contributed by atoms with van der Waals surface area (Å²) in [4.78, 5) is 32.0. The molecule has 0 aliphatic heterocycles. The molecule has 0 bridgehead atoms. The Balaban J connectivity index is 3.39. The summed E-state index contributed by atoms with van der Waals surface area (Å²) in [7, 11) is 0. The summed E-state index contributed by atoms with van der Waals surface area (Å²) >= 11 is 0. The zero-order valence-electron chi connectivity index (χ0n) is 13.2. The van der Waals surface area contributed by atoms with Crippen molar-refractivity contribution in [3.8, 4) is 0 Å². The SMILES string of the molecule is CCCCC(CC)Cc1c(C(=O)O)cc([N+](=O)[O-])cc1[N+](=O)[O-]. The highest BCUT2D eigenvalue weighted by molar-refractivity contribution is 5.91. The van der Waals surface area contributed by atoms with Gasteiger partial charge in [0, 0.05) is 11.6 Å². The van der Waals surface area contributed by atoms with Crippen LogP contribution in [0.5, 0.6) is 0 Å². The summed E-state index contributed by atoms with van der Waals surface area (Å²) in [6.45, 7) is 3.97. The minimum Gasteiger partial charge on any atom is -0.478 e. The molecule has 0 aliphatic rings. The number of hydrogen-bond donors (Lipinski definition) is 1. The molecule has 1 rings (SSSR count). The lowest BCUT2D eigenvalue weighted by atomic mass is 9.88. The Morgan fingerprint density at radius 2 is 1.87 bits per heavy atom. The molecule has 0 radical (unpaired) electrons. The Labute approximate surface area is 133 Å². The van der Waals surface area contributed by atoms with E-state index in [1.165, 1.54) is 0 Å². The smallest absolute Gasteiger partial charge is 0.336 e. The van der Waals surface area contributed by atoms with E-state index in [1.807, 2.05) is 13.8 Å². The lowest BCUT2D eigenvalue weighted by Crippen LogP contribution is -2.12. The molecule has 0 saturated carbocycles. The number of nitro benzene ring substituents is 2. The molecule has 126 valence electrons. The Hall–Kier alpha value is -2.51. The van der Waals surface area contributed by atoms with Crippen LogP contribution in [0, 0.1) is 26.1 Å². The Morgan fingerprint density at radius 1 is 1.22 bits per heavy atom. The molecule has 23 heavy (non-hydrogen) atoms. The standard InChI is InChI=1S/C15H20N2O6/c1-3-5-6-10(4-2)7-12-13(15(18)19)8-11(16(20)21)9-14(12)17(22)23/h8-10H,3-7H2,1-2H3,(H,18,19). The zero-order chi connectivity index (χ0) is 17.6. The van der Waals surface area contributed by atoms with E-state index < -0.39 is 27.2 Å². The van der Waals surface area contributed by atoms with Crippen molar-refractivity contribution in [2.45, 2.75) is 46.0 Å². The molecule has 8 heteroatoms. The van der Waals surface area contributed by atoms with Crippen LogP contribution in [-0.4, -0.2) is 20.9 Å². The third kappa shape index (κ3) is 4.73. The van der Waals surface area contributed by atoms with Gasteiger partial charge in [-0.2, -0.15) is 0 Å². The van der Waals surface area contributed by atoms with Gasteiger partial charge < -0.3 is 5.11 Å². The average Bonchev–Trinajstić information content (AvgIpc) is 2.50. The minimum atomic E-state index is -1.39. The van der Waals surface area contributed by atoms with E-state index in [0.29, 0.717) is 0 Å². The van der Waals surface area contributed by atoms with Gasteiger partial charge in [-0.05, 0) is 12.3 Å². The van der Waals surface area contributed by atoms with Gasteiger partial charge in [0.2, 0.25) is 0 Å². The number of carbonyl (C=O) groups is 1. The van der Waals surface area contributed by atoms with Gasteiger partial charge in [0.15, 0.2) is 0 Å². The van der Waals surface area contributed by atoms with Crippen molar-refractivity contribution in [3.63, 3.8) is 0 Å². The van der Waals surface area contributed by atoms with E-state index in [-0.39, 0.29) is 23.5 Å². The van der Waals surface area contributed by atoms with Crippen LogP contribution in [0.1, 0.15) is 55.5 Å². The Bertz CT molecular complexity index is 579. The second-order valence-corrected chi connectivity index (χ2v) is 5.43. The number of rotatable bonds is 9. The van der Waals surface area contributed by atoms with E-state index in [1.54, 1.807) is 0 Å². The lowest BCUT2D eigenvalue weighted by molar-refractivity contribution is -0.394. The molecule has 8 nitrogen and oxygen atoms in total. The highest BCUT2D eigenvalue weighted by Crippen LogP contribution is 2.32. The molecule has 1 aromatic rings. The van der Waals surface area contributed by atoms with Gasteiger partial charge in [-0.1, -0.05) is 39.5 Å². The molecule has 0 spiro atoms. The minimum absolute atomic E-state index is 0.0658. The first-order chi connectivity index (χ1) is 10.8. The number of carboxylic acid groups (broad SMARTS) is 1. The Morgan fingerprint density at radius 3 is 2.30 bits per heavy atom. The highest BCUT2D eigenvalue weighted by atomic mass is 16.6. The van der Waals surface area contributed by atoms with Crippen molar-refractivity contribution in [1.82, 2.24) is 0 Å². The van der Waals surface area contributed by atoms with Crippen LogP contribution in [0.4, 0.5) is 11.4 Å². The summed E-state index contributed by atoms with van der Waals surface area (Å²) in [5.41, 5.74) is -1.37. The maximum absolute atomic E-state index is 11.4. The molecule has 1 unspecified atom stereocenters. The predicted molar refractivity (Wildman–Crippen MR) is 83.7 cm³/mol. The van der Waals surface area contributed by atoms with Gasteiger partial charge in [-0.25, -0.2) is 4.79 Å². The number of carboxylic acids is 1. The second kappa shape index (κ2) is 8.21. The van der Waals surface area contributed by atoms with Crippen molar-refractivity contribution in [2.75, 3.05) is 0 Å². The van der Waals surface area contributed by atoms with Crippen LogP contribution < -0.4 is 0 Å². The molecule has 0 amide bonds. The van der Waals surface area contributed by atoms with Crippen LogP contribution in [0.2, 0.25) is 0 Å². The van der Waals surface area contributed by atoms with Crippen LogP contribution in [0.25, 0.3) is 0 Å². The molecule has 0 saturated heterocycles. The molecule has 0 fully saturated rings. The normalized spacial score (nSPS) is 11.9. The van der Waals surface area contributed by atoms with Gasteiger partial charge in [-0.3, -0.25) is 20.2 Å². The van der Waals surface area contributed by atoms with Gasteiger partial charge in [0.25, 0.3) is 11.4 Å². The van der Waals surface area contributed by atoms with Crippen LogP contribution in [-0.2, 0) is 6.42 Å². The van der Waals surface area contributed by atoms with Gasteiger partial charge in [0.1, 0.15) is 0 Å². The van der Waals surface area contributed by atoms with E-state index in [0.717, 1.165) is 37.8 Å². The van der Waals surface area contributed by atoms with Crippen molar-refractivity contribution >= 4 is 17.3 Å². The maximum Gasteiger partial charge on any atom is 0.336 e. The summed E-state index contributed by atoms with van der Waals surface area (Å²) in [6, 6.07) is 1.74. The van der Waals surface area contributed by atoms with Crippen LogP contribution in [0.3, 0.4) is 0 Å². The van der Waals surface area contributed by atoms with Gasteiger partial charge in [0.05, 0.1) is 21.5 Å². The van der Waals surface area contributed by atoms with Crippen molar-refractivity contribution in [2.24, 2.45) is 5.92 Å². The average molecular weight is 324 g/mol. The fourth-order valence-corrected chi connectivity index (χ4v) is 2.55. The zero-order valence-corrected chi connectivity index (χ0v) is 13.2. The molecule has 1 aromatic carbocycles. The van der Waals surface area contributed by atoms with Crippen molar-refractivity contribution < 1.29 is 19.7 Å². The first-order valence-electron chi connectivity index (χ1n) is 7.50. The molecule has 1 N–H and O–H groups in total. The number of aromatic carboxylic acids is 1. The van der Waals surface area contributed by atoms with Gasteiger partial charge in [-0.15, -0.1) is 0 Å². The summed E-state index contributed by atoms with van der Waals surface area (Å²) < 4.78 is 0. The monoisotopic (exact) mass is 324 g/mol. The van der Waals surface area contributed by atoms with Gasteiger partial charge >= 0.3 is 5.97 Å². The first kappa shape index (κ1) is 18.5. The van der Waals surface area contributed by atoms with E-state index >= 15 is 0 Å². The van der Waals surface area contributed by atoms with E-state index in [9.17, 15) is 30.1 Å². The fourth-order valence-electron chi connectivity index (χ4n) is 2.55. The number of hydrogen-bond acceptors (Lipinski definition) is 5. The molecule has 0 heterocycles. The van der Waals surface area contributed by atoms with Crippen LogP contribution in [0.15, 0.2) is 12.1 Å². The fraction of sp³-hybridized carbons (Fsp3) is 0.533. The van der Waals surface area contributed by atoms with Crippen LogP contribution >= 0.6 is 0 Å².